The number of carboxylic acid groups (broad SMARTS) is 1. The lowest BCUT2D eigenvalue weighted by atomic mass is 9.85. The molecular formula is C58H62F12N4O7. The fourth-order valence-corrected chi connectivity index (χ4v) is 10.1. The molecule has 0 radical (unpaired) electrons. The van der Waals surface area contributed by atoms with E-state index in [9.17, 15) is 82.1 Å². The van der Waals surface area contributed by atoms with E-state index in [2.05, 4.69) is 21.2 Å². The largest absolute Gasteiger partial charge is 0.478 e. The van der Waals surface area contributed by atoms with Crippen molar-refractivity contribution in [1.29, 1.82) is 0 Å². The number of amides is 1. The summed E-state index contributed by atoms with van der Waals surface area (Å²) < 4.78 is 145. The topological polar surface area (TPSA) is 151 Å². The lowest BCUT2D eigenvalue weighted by molar-refractivity contribution is -0.193. The molecule has 3 saturated heterocycles. The number of likely N-dealkylation sites (tertiary alicyclic amines) is 2. The van der Waals surface area contributed by atoms with Crippen LogP contribution in [0.15, 0.2) is 103 Å². The standard InChI is InChI=1S/C27H31F3N2O2.C18H25FN2O.C9H6F2O2.C4F6O2/c28-23-4-2-20(3-5-23)21-7-11-31(12-8-21)26(18-33)22-9-13-32(14-10-22)27(34)6-1-19-15-24(29)17-25(30)16-19;19-17-3-1-14(2-4-17)15-7-11-21(12-8-15)18(13-22)16-5-9-20-10-6-16;10-7-3-6(1-2-9(12)13)4-8(11)5-7;5-3(6,7)1(11)2(12)4(8,9)10/h1-6,15-17,21-22,26,33H,7-14,18H2;1-4,7,16,18,20,22H,5-6,8-13H2;1-5H,(H,12,13);/b6-1+;;2-1+;. The number of carbonyl (C=O) groups is 4. The molecule has 11 nitrogen and oxygen atoms in total. The third-order valence-electron chi connectivity index (χ3n) is 14.3. The van der Waals surface area contributed by atoms with E-state index in [-0.39, 0.29) is 48.4 Å². The van der Waals surface area contributed by atoms with E-state index in [0.717, 1.165) is 126 Å². The van der Waals surface area contributed by atoms with Crippen molar-refractivity contribution in [2.24, 2.45) is 11.8 Å². The molecule has 0 aliphatic carbocycles. The van der Waals surface area contributed by atoms with Crippen molar-refractivity contribution < 1.29 is 87.2 Å². The fraction of sp³-hybridized carbons (Fsp3) is 0.414. The number of nitrogens with zero attached hydrogens (tertiary/aromatic N) is 3. The predicted octanol–water partition coefficient (Wildman–Crippen LogP) is 10.2. The molecule has 2 atom stereocenters. The van der Waals surface area contributed by atoms with E-state index in [1.54, 1.807) is 4.90 Å². The average Bonchev–Trinajstić information content (AvgIpc) is 3.49. The van der Waals surface area contributed by atoms with E-state index in [4.69, 9.17) is 5.11 Å². The molecule has 4 heterocycles. The number of Topliss-reactive ketones (excluding diaryl/α,β-unsaturated/α-hetero) is 2. The number of hydrogen-bond acceptors (Lipinski definition) is 9. The summed E-state index contributed by atoms with van der Waals surface area (Å²) in [6, 6.07) is 19.8. The van der Waals surface area contributed by atoms with Crippen LogP contribution in [0.1, 0.15) is 73.1 Å². The maximum absolute atomic E-state index is 13.3. The Morgan fingerprint density at radius 2 is 1.00 bits per heavy atom. The highest BCUT2D eigenvalue weighted by molar-refractivity contribution is 6.41. The molecule has 0 bridgehead atoms. The van der Waals surface area contributed by atoms with Crippen molar-refractivity contribution in [2.45, 2.75) is 75.3 Å². The zero-order chi connectivity index (χ0) is 59.4. The molecule has 1 amide bonds. The molecule has 0 spiro atoms. The summed E-state index contributed by atoms with van der Waals surface area (Å²) in [6.07, 6.45) is 2.24. The molecule has 81 heavy (non-hydrogen) atoms. The van der Waals surface area contributed by atoms with Gasteiger partial charge in [0.1, 0.15) is 34.9 Å². The molecule has 4 aliphatic heterocycles. The lowest BCUT2D eigenvalue weighted by Crippen LogP contribution is -2.50. The van der Waals surface area contributed by atoms with Crippen molar-refractivity contribution in [3.8, 4) is 0 Å². The summed E-state index contributed by atoms with van der Waals surface area (Å²) in [4.78, 5) is 48.4. The van der Waals surface area contributed by atoms with Gasteiger partial charge in [0.2, 0.25) is 5.91 Å². The maximum Gasteiger partial charge on any atom is 0.458 e. The summed E-state index contributed by atoms with van der Waals surface area (Å²) in [6.45, 7) is 7.26. The number of aliphatic hydroxyl groups excluding tert-OH is 2. The first kappa shape index (κ1) is 65.2. The fourth-order valence-electron chi connectivity index (χ4n) is 10.1. The first-order valence-electron chi connectivity index (χ1n) is 26.0. The highest BCUT2D eigenvalue weighted by Crippen LogP contribution is 2.33. The minimum atomic E-state index is -5.77. The van der Waals surface area contributed by atoms with Crippen LogP contribution in [0.2, 0.25) is 0 Å². The number of aliphatic hydroxyl groups is 2. The molecule has 0 saturated carbocycles. The molecule has 2 unspecified atom stereocenters. The second kappa shape index (κ2) is 31.0. The van der Waals surface area contributed by atoms with Crippen LogP contribution in [0.3, 0.4) is 0 Å². The van der Waals surface area contributed by atoms with E-state index >= 15 is 0 Å². The van der Waals surface area contributed by atoms with E-state index in [1.807, 2.05) is 24.3 Å². The van der Waals surface area contributed by atoms with Crippen molar-refractivity contribution in [2.75, 3.05) is 65.6 Å². The highest BCUT2D eigenvalue weighted by Gasteiger charge is 2.54. The lowest BCUT2D eigenvalue weighted by Gasteiger charge is -2.43. The van der Waals surface area contributed by atoms with Gasteiger partial charge in [-0.3, -0.25) is 24.2 Å². The number of rotatable bonds is 13. The number of alkyl halides is 6. The third kappa shape index (κ3) is 21.0. The molecule has 0 aromatic heterocycles. The normalized spacial score (nSPS) is 17.9. The number of halogens is 12. The number of carboxylic acids is 1. The van der Waals surface area contributed by atoms with Crippen LogP contribution in [0, 0.1) is 46.7 Å². The summed E-state index contributed by atoms with van der Waals surface area (Å²) in [7, 11) is 0. The average molecular weight is 1160 g/mol. The van der Waals surface area contributed by atoms with Crippen molar-refractivity contribution >= 4 is 41.2 Å². The Labute approximate surface area is 460 Å². The van der Waals surface area contributed by atoms with E-state index < -0.39 is 53.2 Å². The van der Waals surface area contributed by atoms with Crippen LogP contribution in [-0.4, -0.2) is 143 Å². The van der Waals surface area contributed by atoms with E-state index in [1.165, 1.54) is 59.7 Å². The van der Waals surface area contributed by atoms with Crippen molar-refractivity contribution in [1.82, 2.24) is 20.0 Å². The van der Waals surface area contributed by atoms with Crippen molar-refractivity contribution in [3.63, 3.8) is 0 Å². The van der Waals surface area contributed by atoms with Gasteiger partial charge in [0.05, 0.1) is 13.2 Å². The van der Waals surface area contributed by atoms with Gasteiger partial charge in [-0.15, -0.1) is 0 Å². The van der Waals surface area contributed by atoms with Gasteiger partial charge >= 0.3 is 29.9 Å². The van der Waals surface area contributed by atoms with Gasteiger partial charge in [-0.1, -0.05) is 30.3 Å². The zero-order valence-corrected chi connectivity index (χ0v) is 43.7. The first-order chi connectivity index (χ1) is 38.3. The zero-order valence-electron chi connectivity index (χ0n) is 43.7. The summed E-state index contributed by atoms with van der Waals surface area (Å²) in [5.41, 5.74) is 4.06. The highest BCUT2D eigenvalue weighted by atomic mass is 19.4. The maximum atomic E-state index is 13.3. The molecule has 440 valence electrons. The van der Waals surface area contributed by atoms with Crippen LogP contribution in [0.4, 0.5) is 52.7 Å². The monoisotopic (exact) mass is 1150 g/mol. The predicted molar refractivity (Wildman–Crippen MR) is 278 cm³/mol. The quantitative estimate of drug-likeness (QED) is 0.0579. The minimum absolute atomic E-state index is 0.0669. The van der Waals surface area contributed by atoms with Crippen LogP contribution in [0.25, 0.3) is 17.7 Å². The molecular weight excluding hydrogens is 1090 g/mol. The Balaban J connectivity index is 0.000000219. The summed E-state index contributed by atoms with van der Waals surface area (Å²) in [5, 5.41) is 31.6. The summed E-state index contributed by atoms with van der Waals surface area (Å²) >= 11 is 0. The number of nitrogens with one attached hydrogen (secondary N) is 1. The van der Waals surface area contributed by atoms with Gasteiger partial charge in [-0.05, 0) is 177 Å². The SMILES string of the molecule is O=C(/C=C/c1cc(F)cc(F)c1)N1CCC(C(CO)N2CCC(c3ccc(F)cc3)CC2)CC1.O=C(C(=O)C(F)(F)F)C(F)(F)F.O=C(O)/C=C/c1cc(F)cc(F)c1.OCC(C1CCNCC1)N1CC=C(c2ccc(F)cc2)CC1. The number of ketones is 2. The van der Waals surface area contributed by atoms with E-state index in [0.29, 0.717) is 36.4 Å². The van der Waals surface area contributed by atoms with Gasteiger partial charge in [0.25, 0.3) is 0 Å². The second-order valence-corrected chi connectivity index (χ2v) is 19.7. The second-order valence-electron chi connectivity index (χ2n) is 19.7. The Bertz CT molecular complexity index is 2720. The number of benzene rings is 4. The Hall–Kier alpha value is -6.66. The molecule has 8 rings (SSSR count). The molecule has 4 aliphatic rings. The molecule has 4 N–H and O–H groups in total. The molecule has 4 aromatic carbocycles. The smallest absolute Gasteiger partial charge is 0.458 e. The number of hydrogen-bond donors (Lipinski definition) is 4. The van der Waals surface area contributed by atoms with Gasteiger partial charge in [0.15, 0.2) is 0 Å². The van der Waals surface area contributed by atoms with Gasteiger partial charge < -0.3 is 25.5 Å². The van der Waals surface area contributed by atoms with Gasteiger partial charge in [0, 0.05) is 62.5 Å². The number of piperidine rings is 3. The Morgan fingerprint density at radius 1 is 0.556 bits per heavy atom. The number of carbonyl (C=O) groups excluding carboxylic acids is 3. The van der Waals surface area contributed by atoms with Crippen LogP contribution in [0.5, 0.6) is 0 Å². The molecule has 3 fully saturated rings. The Morgan fingerprint density at radius 3 is 1.43 bits per heavy atom. The Kier molecular flexibility index (Phi) is 24.9. The van der Waals surface area contributed by atoms with Crippen LogP contribution < -0.4 is 5.32 Å². The molecule has 4 aromatic rings. The third-order valence-corrected chi connectivity index (χ3v) is 14.3. The first-order valence-corrected chi connectivity index (χ1v) is 26.0. The van der Waals surface area contributed by atoms with Gasteiger partial charge in [-0.2, -0.15) is 26.3 Å². The van der Waals surface area contributed by atoms with Crippen molar-refractivity contribution in [3.05, 3.63) is 160 Å². The van der Waals surface area contributed by atoms with Crippen LogP contribution >= 0.6 is 0 Å². The minimum Gasteiger partial charge on any atom is -0.478 e. The number of aliphatic carboxylic acids is 1. The van der Waals surface area contributed by atoms with Crippen LogP contribution in [-0.2, 0) is 19.2 Å². The van der Waals surface area contributed by atoms with Gasteiger partial charge in [-0.25, -0.2) is 31.1 Å². The molecule has 23 heteroatoms. The summed E-state index contributed by atoms with van der Waals surface area (Å²) in [5.74, 6) is -10.1.